The summed E-state index contributed by atoms with van der Waals surface area (Å²) in [6.07, 6.45) is -0.148. The van der Waals surface area contributed by atoms with Crippen LogP contribution in [0.15, 0.2) is 53.4 Å². The second-order valence-electron chi connectivity index (χ2n) is 6.44. The van der Waals surface area contributed by atoms with E-state index in [4.69, 9.17) is 4.74 Å². The van der Waals surface area contributed by atoms with Gasteiger partial charge in [-0.15, -0.1) is 0 Å². The van der Waals surface area contributed by atoms with Crippen molar-refractivity contribution in [3.63, 3.8) is 0 Å². The molecule has 1 heterocycles. The predicted molar refractivity (Wildman–Crippen MR) is 99.7 cm³/mol. The van der Waals surface area contributed by atoms with Crippen LogP contribution in [0.4, 0.5) is 5.69 Å². The van der Waals surface area contributed by atoms with E-state index in [1.807, 2.05) is 37.3 Å². The van der Waals surface area contributed by atoms with Gasteiger partial charge in [0.15, 0.2) is 0 Å². The summed E-state index contributed by atoms with van der Waals surface area (Å²) >= 11 is 0. The first-order valence-corrected chi connectivity index (χ1v) is 9.92. The molecule has 0 saturated heterocycles. The van der Waals surface area contributed by atoms with E-state index in [1.165, 1.54) is 19.1 Å². The molecule has 0 unspecified atom stereocenters. The van der Waals surface area contributed by atoms with E-state index in [0.29, 0.717) is 18.0 Å². The molecule has 1 aliphatic heterocycles. The summed E-state index contributed by atoms with van der Waals surface area (Å²) < 4.78 is 34.0. The van der Waals surface area contributed by atoms with E-state index in [2.05, 4.69) is 4.72 Å². The standard InChI is InChI=1S/C19H22N2O4S/c1-13-12-21(15(3)22)18-11-17(9-10-19(18)25-13)26(23,24)20-14(2)16-7-5-4-6-8-16/h4-11,13-14,20H,12H2,1-3H3/t13-,14+/m0/s1. The summed E-state index contributed by atoms with van der Waals surface area (Å²) in [6.45, 7) is 5.50. The number of hydrogen-bond donors (Lipinski definition) is 1. The van der Waals surface area contributed by atoms with Crippen molar-refractivity contribution in [2.45, 2.75) is 37.8 Å². The number of carbonyl (C=O) groups is 1. The molecule has 0 spiro atoms. The Labute approximate surface area is 153 Å². The highest BCUT2D eigenvalue weighted by Gasteiger charge is 2.28. The Kier molecular flexibility index (Phi) is 5.02. The van der Waals surface area contributed by atoms with Gasteiger partial charge in [0.05, 0.1) is 17.1 Å². The van der Waals surface area contributed by atoms with Gasteiger partial charge in [-0.2, -0.15) is 0 Å². The van der Waals surface area contributed by atoms with E-state index in [1.54, 1.807) is 17.9 Å². The predicted octanol–water partition coefficient (Wildman–Crippen LogP) is 2.86. The molecule has 1 aliphatic rings. The molecule has 2 aromatic carbocycles. The molecule has 26 heavy (non-hydrogen) atoms. The lowest BCUT2D eigenvalue weighted by Crippen LogP contribution is -2.41. The fraction of sp³-hybridized carbons (Fsp3) is 0.316. The Hall–Kier alpha value is -2.38. The Morgan fingerprint density at radius 2 is 1.92 bits per heavy atom. The molecule has 0 saturated carbocycles. The maximum absolute atomic E-state index is 12.8. The highest BCUT2D eigenvalue weighted by molar-refractivity contribution is 7.89. The largest absolute Gasteiger partial charge is 0.487 e. The molecule has 2 aromatic rings. The molecular formula is C19H22N2O4S. The molecule has 0 bridgehead atoms. The van der Waals surface area contributed by atoms with Crippen molar-refractivity contribution >= 4 is 21.6 Å². The molecule has 138 valence electrons. The first-order chi connectivity index (χ1) is 12.3. The van der Waals surface area contributed by atoms with Crippen molar-refractivity contribution in [3.8, 4) is 5.75 Å². The zero-order chi connectivity index (χ0) is 18.9. The average Bonchev–Trinajstić information content (AvgIpc) is 2.60. The molecule has 1 N–H and O–H groups in total. The van der Waals surface area contributed by atoms with E-state index in [9.17, 15) is 13.2 Å². The third-order valence-electron chi connectivity index (χ3n) is 4.31. The zero-order valence-corrected chi connectivity index (χ0v) is 15.8. The molecule has 0 aromatic heterocycles. The number of benzene rings is 2. The second kappa shape index (κ2) is 7.09. The number of anilines is 1. The van der Waals surface area contributed by atoms with Gasteiger partial charge in [0.1, 0.15) is 11.9 Å². The van der Waals surface area contributed by atoms with E-state index < -0.39 is 10.0 Å². The monoisotopic (exact) mass is 374 g/mol. The highest BCUT2D eigenvalue weighted by Crippen LogP contribution is 2.35. The summed E-state index contributed by atoms with van der Waals surface area (Å²) in [5.74, 6) is 0.357. The molecular weight excluding hydrogens is 352 g/mol. The van der Waals surface area contributed by atoms with Gasteiger partial charge < -0.3 is 9.64 Å². The van der Waals surface area contributed by atoms with Crippen LogP contribution in [-0.2, 0) is 14.8 Å². The van der Waals surface area contributed by atoms with Crippen LogP contribution in [-0.4, -0.2) is 27.0 Å². The number of sulfonamides is 1. The molecule has 0 aliphatic carbocycles. The van der Waals surface area contributed by atoms with Crippen LogP contribution in [0.5, 0.6) is 5.75 Å². The number of fused-ring (bicyclic) bond motifs is 1. The fourth-order valence-corrected chi connectivity index (χ4v) is 4.24. The minimum absolute atomic E-state index is 0.100. The average molecular weight is 374 g/mol. The number of ether oxygens (including phenoxy) is 1. The van der Waals surface area contributed by atoms with Crippen molar-refractivity contribution < 1.29 is 17.9 Å². The Balaban J connectivity index is 1.92. The van der Waals surface area contributed by atoms with Gasteiger partial charge in [-0.25, -0.2) is 13.1 Å². The van der Waals surface area contributed by atoms with Crippen LogP contribution in [0.2, 0.25) is 0 Å². The quantitative estimate of drug-likeness (QED) is 0.893. The lowest BCUT2D eigenvalue weighted by molar-refractivity contribution is -0.117. The highest BCUT2D eigenvalue weighted by atomic mass is 32.2. The zero-order valence-electron chi connectivity index (χ0n) is 15.0. The first kappa shape index (κ1) is 18.4. The first-order valence-electron chi connectivity index (χ1n) is 8.44. The van der Waals surface area contributed by atoms with Crippen molar-refractivity contribution in [1.29, 1.82) is 0 Å². The second-order valence-corrected chi connectivity index (χ2v) is 8.16. The van der Waals surface area contributed by atoms with Crippen molar-refractivity contribution in [3.05, 3.63) is 54.1 Å². The number of nitrogens with one attached hydrogen (secondary N) is 1. The van der Waals surface area contributed by atoms with Gasteiger partial charge in [0.2, 0.25) is 15.9 Å². The van der Waals surface area contributed by atoms with Crippen LogP contribution in [0, 0.1) is 0 Å². The minimum atomic E-state index is -3.75. The van der Waals surface area contributed by atoms with Crippen LogP contribution >= 0.6 is 0 Å². The van der Waals surface area contributed by atoms with E-state index >= 15 is 0 Å². The summed E-state index contributed by atoms with van der Waals surface area (Å²) in [5, 5.41) is 0. The van der Waals surface area contributed by atoms with Crippen LogP contribution in [0.1, 0.15) is 32.4 Å². The Bertz CT molecular complexity index is 912. The summed E-state index contributed by atoms with van der Waals surface area (Å²) in [4.78, 5) is 13.6. The smallest absolute Gasteiger partial charge is 0.241 e. The number of carbonyl (C=O) groups excluding carboxylic acids is 1. The van der Waals surface area contributed by atoms with E-state index in [0.717, 1.165) is 5.56 Å². The molecule has 0 fully saturated rings. The van der Waals surface area contributed by atoms with Crippen molar-refractivity contribution in [2.75, 3.05) is 11.4 Å². The third kappa shape index (κ3) is 3.73. The maximum atomic E-state index is 12.8. The number of nitrogens with zero attached hydrogens (tertiary/aromatic N) is 1. The molecule has 6 nitrogen and oxygen atoms in total. The summed E-state index contributed by atoms with van der Waals surface area (Å²) in [7, 11) is -3.75. The molecule has 2 atom stereocenters. The lowest BCUT2D eigenvalue weighted by atomic mass is 10.1. The molecule has 7 heteroatoms. The lowest BCUT2D eigenvalue weighted by Gasteiger charge is -2.33. The van der Waals surface area contributed by atoms with Crippen molar-refractivity contribution in [2.24, 2.45) is 0 Å². The van der Waals surface area contributed by atoms with Gasteiger partial charge in [0, 0.05) is 13.0 Å². The van der Waals surface area contributed by atoms with E-state index in [-0.39, 0.29) is 22.9 Å². The molecule has 0 radical (unpaired) electrons. The van der Waals surface area contributed by atoms with Crippen LogP contribution in [0.25, 0.3) is 0 Å². The van der Waals surface area contributed by atoms with Crippen LogP contribution in [0.3, 0.4) is 0 Å². The molecule has 3 rings (SSSR count). The minimum Gasteiger partial charge on any atom is -0.487 e. The number of rotatable bonds is 4. The van der Waals surface area contributed by atoms with Gasteiger partial charge in [-0.1, -0.05) is 30.3 Å². The number of hydrogen-bond acceptors (Lipinski definition) is 4. The Morgan fingerprint density at radius 1 is 1.23 bits per heavy atom. The van der Waals surface area contributed by atoms with Crippen LogP contribution < -0.4 is 14.4 Å². The normalized spacial score (nSPS) is 18.0. The van der Waals surface area contributed by atoms with Gasteiger partial charge in [-0.3, -0.25) is 4.79 Å². The summed E-state index contributed by atoms with van der Waals surface area (Å²) in [6, 6.07) is 13.5. The topological polar surface area (TPSA) is 75.7 Å². The molecule has 1 amide bonds. The van der Waals surface area contributed by atoms with Gasteiger partial charge >= 0.3 is 0 Å². The third-order valence-corrected chi connectivity index (χ3v) is 5.85. The van der Waals surface area contributed by atoms with Crippen molar-refractivity contribution in [1.82, 2.24) is 4.72 Å². The van der Waals surface area contributed by atoms with Gasteiger partial charge in [0.25, 0.3) is 0 Å². The Morgan fingerprint density at radius 3 is 2.58 bits per heavy atom. The SMILES string of the molecule is CC(=O)N1C[C@H](C)Oc2ccc(S(=O)(=O)N[C@H](C)c3ccccc3)cc21. The fourth-order valence-electron chi connectivity index (χ4n) is 2.99. The number of amides is 1. The van der Waals surface area contributed by atoms with Gasteiger partial charge in [-0.05, 0) is 37.6 Å². The maximum Gasteiger partial charge on any atom is 0.241 e. The summed E-state index contributed by atoms with van der Waals surface area (Å²) in [5.41, 5.74) is 1.35.